The molecule has 1 aliphatic heterocycles. The molecule has 3 rings (SSSR count). The monoisotopic (exact) mass is 369 g/mol. The number of rotatable bonds is 1. The van der Waals surface area contributed by atoms with Crippen molar-refractivity contribution in [1.82, 2.24) is 0 Å². The molecule has 0 radical (unpaired) electrons. The van der Waals surface area contributed by atoms with Crippen LogP contribution in [0.15, 0.2) is 52.9 Å². The van der Waals surface area contributed by atoms with Crippen LogP contribution in [-0.4, -0.2) is 19.4 Å². The zero-order valence-corrected chi connectivity index (χ0v) is 13.7. The summed E-state index contributed by atoms with van der Waals surface area (Å²) in [5.74, 6) is -0.838. The van der Waals surface area contributed by atoms with E-state index in [1.165, 1.54) is 35.4 Å². The lowest BCUT2D eigenvalue weighted by atomic mass is 10.1. The average Bonchev–Trinajstić information content (AvgIpc) is 2.52. The molecule has 1 N–H and O–H groups in total. The zero-order chi connectivity index (χ0) is 16.8. The van der Waals surface area contributed by atoms with Crippen LogP contribution in [0.4, 0.5) is 5.69 Å². The summed E-state index contributed by atoms with van der Waals surface area (Å²) in [6.07, 6.45) is 1.18. The van der Waals surface area contributed by atoms with Crippen molar-refractivity contribution in [2.75, 3.05) is 4.90 Å². The van der Waals surface area contributed by atoms with Gasteiger partial charge in [-0.2, -0.15) is 0 Å². The van der Waals surface area contributed by atoms with Crippen molar-refractivity contribution in [1.29, 1.82) is 0 Å². The lowest BCUT2D eigenvalue weighted by Crippen LogP contribution is -2.29. The summed E-state index contributed by atoms with van der Waals surface area (Å²) < 4.78 is 24.1. The van der Waals surface area contributed by atoms with Gasteiger partial charge in [0.1, 0.15) is 0 Å². The number of hydrogen-bond acceptors (Lipinski definition) is 4. The van der Waals surface area contributed by atoms with Crippen molar-refractivity contribution in [3.8, 4) is 5.75 Å². The summed E-state index contributed by atoms with van der Waals surface area (Å²) in [4.78, 5) is 13.9. The Hall–Kier alpha value is -2.02. The Bertz CT molecular complexity index is 931. The number of carbonyl (C=O) groups excluding carboxylic acids is 1. The molecule has 0 fully saturated rings. The highest BCUT2D eigenvalue weighted by atomic mass is 35.5. The van der Waals surface area contributed by atoms with Gasteiger partial charge in [0.15, 0.2) is 5.75 Å². The van der Waals surface area contributed by atoms with Crippen LogP contribution in [0.5, 0.6) is 5.75 Å². The number of anilines is 1. The van der Waals surface area contributed by atoms with E-state index < -0.39 is 15.7 Å². The molecule has 0 bridgehead atoms. The number of amides is 1. The van der Waals surface area contributed by atoms with Gasteiger partial charge in [0.2, 0.25) is 9.84 Å². The minimum absolute atomic E-state index is 0.0341. The van der Waals surface area contributed by atoms with Gasteiger partial charge in [0.05, 0.1) is 26.0 Å². The highest BCUT2D eigenvalue weighted by molar-refractivity contribution is 7.94. The zero-order valence-electron chi connectivity index (χ0n) is 11.4. The molecular formula is C15H9Cl2NO4S. The molecular weight excluding hydrogens is 361 g/mol. The van der Waals surface area contributed by atoms with Gasteiger partial charge in [-0.1, -0.05) is 35.3 Å². The quantitative estimate of drug-likeness (QED) is 0.832. The van der Waals surface area contributed by atoms with Gasteiger partial charge >= 0.3 is 0 Å². The Morgan fingerprint density at radius 2 is 1.70 bits per heavy atom. The lowest BCUT2D eigenvalue weighted by molar-refractivity contribution is 0.0997. The number of benzene rings is 2. The Labute approximate surface area is 142 Å². The fourth-order valence-electron chi connectivity index (χ4n) is 2.20. The van der Waals surface area contributed by atoms with E-state index in [1.807, 2.05) is 0 Å². The van der Waals surface area contributed by atoms with E-state index >= 15 is 0 Å². The minimum atomic E-state index is -3.58. The maximum absolute atomic E-state index is 12.7. The minimum Gasteiger partial charge on any atom is -0.505 e. The molecule has 0 aliphatic carbocycles. The molecule has 5 nitrogen and oxygen atoms in total. The molecule has 23 heavy (non-hydrogen) atoms. The van der Waals surface area contributed by atoms with Crippen LogP contribution in [0.2, 0.25) is 10.0 Å². The first-order chi connectivity index (χ1) is 10.8. The largest absolute Gasteiger partial charge is 0.505 e. The predicted molar refractivity (Wildman–Crippen MR) is 87.7 cm³/mol. The lowest BCUT2D eigenvalue weighted by Gasteiger charge is -2.24. The molecule has 118 valence electrons. The molecule has 0 saturated carbocycles. The van der Waals surface area contributed by atoms with Crippen LogP contribution in [-0.2, 0) is 9.84 Å². The van der Waals surface area contributed by atoms with Crippen molar-refractivity contribution in [2.24, 2.45) is 0 Å². The fraction of sp³-hybridized carbons (Fsp3) is 0. The number of nitrogens with zero attached hydrogens (tertiary/aromatic N) is 1. The van der Waals surface area contributed by atoms with Crippen molar-refractivity contribution >= 4 is 44.6 Å². The molecule has 8 heteroatoms. The highest BCUT2D eigenvalue weighted by Gasteiger charge is 2.28. The molecule has 1 heterocycles. The van der Waals surface area contributed by atoms with Crippen molar-refractivity contribution < 1.29 is 18.3 Å². The maximum atomic E-state index is 12.7. The van der Waals surface area contributed by atoms with Gasteiger partial charge in [-0.05, 0) is 24.3 Å². The van der Waals surface area contributed by atoms with Gasteiger partial charge < -0.3 is 5.11 Å². The number of hydrogen-bond donors (Lipinski definition) is 1. The van der Waals surface area contributed by atoms with Gasteiger partial charge in [-0.3, -0.25) is 9.69 Å². The molecule has 2 aromatic carbocycles. The third-order valence-corrected chi connectivity index (χ3v) is 5.32. The third kappa shape index (κ3) is 2.69. The molecule has 1 amide bonds. The SMILES string of the molecule is O=C(c1cc(Cl)c(O)c(Cl)c1)N1C=CS(=O)(=O)c2ccccc21. The van der Waals surface area contributed by atoms with Gasteiger partial charge in [0.25, 0.3) is 5.91 Å². The molecule has 1 aliphatic rings. The number of aromatic hydroxyl groups is 1. The smallest absolute Gasteiger partial charge is 0.262 e. The second kappa shape index (κ2) is 5.56. The first-order valence-electron chi connectivity index (χ1n) is 6.35. The highest BCUT2D eigenvalue weighted by Crippen LogP contribution is 2.35. The van der Waals surface area contributed by atoms with Crippen LogP contribution >= 0.6 is 23.2 Å². The number of carbonyl (C=O) groups is 1. The Balaban J connectivity index is 2.11. The van der Waals surface area contributed by atoms with Gasteiger partial charge in [0, 0.05) is 11.8 Å². The average molecular weight is 370 g/mol. The molecule has 0 aromatic heterocycles. The molecule has 0 unspecified atom stereocenters. The van der Waals surface area contributed by atoms with Crippen molar-refractivity contribution in [3.05, 3.63) is 63.6 Å². The third-order valence-electron chi connectivity index (χ3n) is 3.30. The van der Waals surface area contributed by atoms with E-state index in [9.17, 15) is 18.3 Å². The van der Waals surface area contributed by atoms with E-state index in [-0.39, 0.29) is 31.9 Å². The molecule has 0 atom stereocenters. The van der Waals surface area contributed by atoms with Crippen LogP contribution in [0, 0.1) is 0 Å². The van der Waals surface area contributed by atoms with Gasteiger partial charge in [-0.25, -0.2) is 8.42 Å². The summed E-state index contributed by atoms with van der Waals surface area (Å²) >= 11 is 11.7. The van der Waals surface area contributed by atoms with E-state index in [0.29, 0.717) is 0 Å². The second-order valence-corrected chi connectivity index (χ2v) is 7.38. The standard InChI is InChI=1S/C15H9Cl2NO4S/c16-10-7-9(8-11(17)14(10)19)15(20)18-5-6-23(21,22)13-4-2-1-3-12(13)18/h1-8,19H. The Morgan fingerprint density at radius 1 is 1.09 bits per heavy atom. The number of fused-ring (bicyclic) bond motifs is 1. The predicted octanol–water partition coefficient (Wildman–Crippen LogP) is 3.60. The Morgan fingerprint density at radius 3 is 2.35 bits per heavy atom. The van der Waals surface area contributed by atoms with Crippen LogP contribution in [0.25, 0.3) is 0 Å². The Kier molecular flexibility index (Phi) is 3.83. The molecule has 0 spiro atoms. The summed E-state index contributed by atoms with van der Waals surface area (Å²) in [6, 6.07) is 8.69. The fourth-order valence-corrected chi connectivity index (χ4v) is 3.84. The number of phenols is 1. The van der Waals surface area contributed by atoms with Crippen LogP contribution in [0.1, 0.15) is 10.4 Å². The van der Waals surface area contributed by atoms with Crippen LogP contribution < -0.4 is 4.90 Å². The maximum Gasteiger partial charge on any atom is 0.262 e. The summed E-state index contributed by atoms with van der Waals surface area (Å²) in [5.41, 5.74) is 0.358. The number of sulfone groups is 1. The van der Waals surface area contributed by atoms with E-state index in [2.05, 4.69) is 0 Å². The van der Waals surface area contributed by atoms with Crippen molar-refractivity contribution in [3.63, 3.8) is 0 Å². The summed E-state index contributed by atoms with van der Waals surface area (Å²) in [7, 11) is -3.58. The van der Waals surface area contributed by atoms with Gasteiger partial charge in [-0.15, -0.1) is 0 Å². The number of phenolic OH excluding ortho intramolecular Hbond substituents is 1. The summed E-state index contributed by atoms with van der Waals surface area (Å²) in [6.45, 7) is 0. The number of halogens is 2. The van der Waals surface area contributed by atoms with E-state index in [0.717, 1.165) is 5.41 Å². The second-order valence-electron chi connectivity index (χ2n) is 4.76. The van der Waals surface area contributed by atoms with E-state index in [1.54, 1.807) is 12.1 Å². The molecule has 2 aromatic rings. The summed E-state index contributed by atoms with van der Waals surface area (Å²) in [5, 5.41) is 10.4. The van der Waals surface area contributed by atoms with Crippen LogP contribution in [0.3, 0.4) is 0 Å². The normalized spacial score (nSPS) is 15.3. The van der Waals surface area contributed by atoms with Crippen molar-refractivity contribution in [2.45, 2.75) is 4.90 Å². The first-order valence-corrected chi connectivity index (χ1v) is 8.65. The van der Waals surface area contributed by atoms with E-state index in [4.69, 9.17) is 23.2 Å². The number of para-hydroxylation sites is 1. The topological polar surface area (TPSA) is 74.7 Å². The first kappa shape index (κ1) is 15.9. The molecule has 0 saturated heterocycles.